The number of imidazole rings is 1. The highest BCUT2D eigenvalue weighted by molar-refractivity contribution is 5.88. The highest BCUT2D eigenvalue weighted by atomic mass is 15.2. The molecule has 1 N–H and O–H groups in total. The Kier molecular flexibility index (Phi) is 8.85. The highest BCUT2D eigenvalue weighted by Crippen LogP contribution is 2.30. The first kappa shape index (κ1) is 27.0. The lowest BCUT2D eigenvalue weighted by Gasteiger charge is -2.25. The fraction of sp³-hybridized carbons (Fsp3) is 0.312. The van der Waals surface area contributed by atoms with Crippen molar-refractivity contribution in [2.45, 2.75) is 48.0 Å². The van der Waals surface area contributed by atoms with Gasteiger partial charge in [0.05, 0.1) is 23.2 Å². The first-order chi connectivity index (χ1) is 18.4. The molecule has 0 radical (unpaired) electrons. The van der Waals surface area contributed by atoms with E-state index in [4.69, 9.17) is 15.0 Å². The minimum absolute atomic E-state index is 0.518. The summed E-state index contributed by atoms with van der Waals surface area (Å²) in [5, 5.41) is 1.06. The molecule has 38 heavy (non-hydrogen) atoms. The zero-order valence-electron chi connectivity index (χ0n) is 23.4. The summed E-state index contributed by atoms with van der Waals surface area (Å²) >= 11 is 0. The van der Waals surface area contributed by atoms with Gasteiger partial charge in [-0.3, -0.25) is 4.98 Å². The molecule has 1 aromatic carbocycles. The summed E-state index contributed by atoms with van der Waals surface area (Å²) in [6, 6.07) is 8.47. The maximum Gasteiger partial charge on any atom is 0.225 e. The standard InChI is InChI=1S/C32H38N6/c1-7-9-10-11-24(6)30-31(37-21-36-30)25-12-13-29-26(14-25)15-27(16-33-29)28-17-34-32(35-18-28)38(19-22(3)4)20-23(5)8-2/h8-18,21-22H,7,19-20H2,1-6H3,(H,36,37)/b10-9-,23-8-,24-11+. The van der Waals surface area contributed by atoms with Crippen LogP contribution in [-0.4, -0.2) is 38.0 Å². The van der Waals surface area contributed by atoms with Gasteiger partial charge in [0, 0.05) is 53.8 Å². The molecule has 0 amide bonds. The van der Waals surface area contributed by atoms with Gasteiger partial charge >= 0.3 is 0 Å². The maximum absolute atomic E-state index is 4.73. The predicted octanol–water partition coefficient (Wildman–Crippen LogP) is 7.88. The number of anilines is 1. The SMILES string of the molecule is C/C=C(/C)CN(CC(C)C)c1ncc(-c2cnc3ccc(-c4[nH]cnc4/C(C)=C/C=C\CC)cc3c2)cn1. The Morgan fingerprint density at radius 3 is 2.42 bits per heavy atom. The van der Waals surface area contributed by atoms with Crippen LogP contribution in [0.1, 0.15) is 53.7 Å². The molecule has 0 saturated heterocycles. The van der Waals surface area contributed by atoms with Crippen molar-refractivity contribution >= 4 is 22.4 Å². The molecule has 0 aliphatic heterocycles. The number of H-pyrrole nitrogens is 1. The number of aromatic nitrogens is 5. The number of hydrogen-bond acceptors (Lipinski definition) is 5. The van der Waals surface area contributed by atoms with Crippen molar-refractivity contribution in [1.82, 2.24) is 24.9 Å². The van der Waals surface area contributed by atoms with Crippen LogP contribution in [0.15, 0.2) is 79.1 Å². The molecular formula is C32H38N6. The van der Waals surface area contributed by atoms with Gasteiger partial charge in [-0.2, -0.15) is 0 Å². The monoisotopic (exact) mass is 506 g/mol. The largest absolute Gasteiger partial charge is 0.344 e. The van der Waals surface area contributed by atoms with Gasteiger partial charge in [-0.1, -0.05) is 56.7 Å². The smallest absolute Gasteiger partial charge is 0.225 e. The average molecular weight is 507 g/mol. The molecule has 0 aliphatic carbocycles. The molecule has 196 valence electrons. The Labute approximate surface area is 226 Å². The molecule has 4 aromatic rings. The lowest BCUT2D eigenvalue weighted by Crippen LogP contribution is -2.30. The van der Waals surface area contributed by atoms with Crippen molar-refractivity contribution in [3.05, 3.63) is 84.8 Å². The van der Waals surface area contributed by atoms with Crippen LogP contribution in [0.5, 0.6) is 0 Å². The molecule has 6 heteroatoms. The van der Waals surface area contributed by atoms with Crippen LogP contribution in [-0.2, 0) is 0 Å². The number of nitrogens with zero attached hydrogens (tertiary/aromatic N) is 5. The molecule has 0 atom stereocenters. The average Bonchev–Trinajstić information content (AvgIpc) is 3.42. The van der Waals surface area contributed by atoms with E-state index in [1.165, 1.54) is 5.57 Å². The molecular weight excluding hydrogens is 468 g/mol. The quantitative estimate of drug-likeness (QED) is 0.175. The van der Waals surface area contributed by atoms with Crippen molar-refractivity contribution in [1.29, 1.82) is 0 Å². The van der Waals surface area contributed by atoms with Crippen LogP contribution in [0.2, 0.25) is 0 Å². The molecule has 4 rings (SSSR count). The molecule has 0 unspecified atom stereocenters. The fourth-order valence-electron chi connectivity index (χ4n) is 4.37. The van der Waals surface area contributed by atoms with E-state index in [-0.39, 0.29) is 0 Å². The summed E-state index contributed by atoms with van der Waals surface area (Å²) in [4.78, 5) is 24.3. The van der Waals surface area contributed by atoms with Crippen molar-refractivity contribution in [2.24, 2.45) is 5.92 Å². The Morgan fingerprint density at radius 2 is 1.71 bits per heavy atom. The molecule has 0 fully saturated rings. The van der Waals surface area contributed by atoms with Crippen molar-refractivity contribution in [3.8, 4) is 22.4 Å². The van der Waals surface area contributed by atoms with Gasteiger partial charge in [-0.15, -0.1) is 0 Å². The number of nitrogens with one attached hydrogen (secondary N) is 1. The van der Waals surface area contributed by atoms with Crippen molar-refractivity contribution < 1.29 is 0 Å². The maximum atomic E-state index is 4.73. The van der Waals surface area contributed by atoms with Crippen LogP contribution in [0.4, 0.5) is 5.95 Å². The number of allylic oxidation sites excluding steroid dienone is 5. The van der Waals surface area contributed by atoms with Gasteiger partial charge in [-0.25, -0.2) is 15.0 Å². The van der Waals surface area contributed by atoms with Crippen LogP contribution < -0.4 is 4.90 Å². The second-order valence-corrected chi connectivity index (χ2v) is 10.1. The topological polar surface area (TPSA) is 70.6 Å². The minimum Gasteiger partial charge on any atom is -0.344 e. The summed E-state index contributed by atoms with van der Waals surface area (Å²) < 4.78 is 0. The molecule has 3 aromatic heterocycles. The van der Waals surface area contributed by atoms with Gasteiger partial charge in [0.25, 0.3) is 0 Å². The zero-order valence-corrected chi connectivity index (χ0v) is 23.4. The summed E-state index contributed by atoms with van der Waals surface area (Å²) in [5.41, 5.74) is 8.34. The van der Waals surface area contributed by atoms with Gasteiger partial charge in [-0.05, 0) is 56.9 Å². The Balaban J connectivity index is 1.63. The molecule has 3 heterocycles. The summed E-state index contributed by atoms with van der Waals surface area (Å²) in [6.45, 7) is 14.6. The second kappa shape index (κ2) is 12.5. The zero-order chi connectivity index (χ0) is 27.1. The number of hydrogen-bond donors (Lipinski definition) is 1. The van der Waals surface area contributed by atoms with Crippen molar-refractivity contribution in [2.75, 3.05) is 18.0 Å². The molecule has 0 saturated carbocycles. The van der Waals surface area contributed by atoms with E-state index < -0.39 is 0 Å². The van der Waals surface area contributed by atoms with Gasteiger partial charge in [0.15, 0.2) is 0 Å². The second-order valence-electron chi connectivity index (χ2n) is 10.1. The first-order valence-electron chi connectivity index (χ1n) is 13.4. The van der Waals surface area contributed by atoms with E-state index in [0.29, 0.717) is 5.92 Å². The van der Waals surface area contributed by atoms with E-state index in [9.17, 15) is 0 Å². The summed E-state index contributed by atoms with van der Waals surface area (Å²) in [5.74, 6) is 1.27. The van der Waals surface area contributed by atoms with Crippen molar-refractivity contribution in [3.63, 3.8) is 0 Å². The third-order valence-corrected chi connectivity index (χ3v) is 6.47. The van der Waals surface area contributed by atoms with E-state index >= 15 is 0 Å². The number of rotatable bonds is 10. The number of benzene rings is 1. The third-order valence-electron chi connectivity index (χ3n) is 6.47. The minimum atomic E-state index is 0.518. The Hall–Kier alpha value is -4.06. The Bertz CT molecular complexity index is 1460. The molecule has 0 spiro atoms. The highest BCUT2D eigenvalue weighted by Gasteiger charge is 2.14. The molecule has 0 aliphatic rings. The van der Waals surface area contributed by atoms with E-state index in [0.717, 1.165) is 70.0 Å². The van der Waals surface area contributed by atoms with Gasteiger partial charge in [0.2, 0.25) is 5.95 Å². The number of pyridine rings is 1. The van der Waals surface area contributed by atoms with Crippen LogP contribution in [0, 0.1) is 5.92 Å². The third kappa shape index (κ3) is 6.43. The Morgan fingerprint density at radius 1 is 0.974 bits per heavy atom. The summed E-state index contributed by atoms with van der Waals surface area (Å²) in [6.07, 6.45) is 16.9. The number of aromatic amines is 1. The lowest BCUT2D eigenvalue weighted by molar-refractivity contribution is 0.613. The predicted molar refractivity (Wildman–Crippen MR) is 160 cm³/mol. The van der Waals surface area contributed by atoms with Crippen LogP contribution >= 0.6 is 0 Å². The molecule has 0 bridgehead atoms. The van der Waals surface area contributed by atoms with E-state index in [1.807, 2.05) is 18.6 Å². The number of fused-ring (bicyclic) bond motifs is 1. The van der Waals surface area contributed by atoms with Crippen LogP contribution in [0.25, 0.3) is 38.9 Å². The normalized spacial score (nSPS) is 12.7. The van der Waals surface area contributed by atoms with E-state index in [2.05, 4.69) is 105 Å². The van der Waals surface area contributed by atoms with Gasteiger partial charge in [0.1, 0.15) is 0 Å². The lowest BCUT2D eigenvalue weighted by atomic mass is 10.0. The first-order valence-corrected chi connectivity index (χ1v) is 13.4. The molecule has 6 nitrogen and oxygen atoms in total. The fourth-order valence-corrected chi connectivity index (χ4v) is 4.37. The summed E-state index contributed by atoms with van der Waals surface area (Å²) in [7, 11) is 0. The van der Waals surface area contributed by atoms with Crippen LogP contribution in [0.3, 0.4) is 0 Å². The van der Waals surface area contributed by atoms with E-state index in [1.54, 1.807) is 6.33 Å². The van der Waals surface area contributed by atoms with Gasteiger partial charge < -0.3 is 9.88 Å².